The monoisotopic (exact) mass is 337 g/mol. The molecule has 0 aliphatic rings. The van der Waals surface area contributed by atoms with Crippen molar-refractivity contribution < 1.29 is 13.2 Å². The Bertz CT molecular complexity index is 824. The average Bonchev–Trinajstić information content (AvgIpc) is 2.87. The Kier molecular flexibility index (Phi) is 3.77. The van der Waals surface area contributed by atoms with E-state index in [2.05, 4.69) is 5.10 Å². The van der Waals surface area contributed by atoms with Gasteiger partial charge in [0.25, 0.3) is 0 Å². The predicted octanol–water partition coefficient (Wildman–Crippen LogP) is 4.79. The normalized spacial score (nSPS) is 11.7. The summed E-state index contributed by atoms with van der Waals surface area (Å²) in [6, 6.07) is 14.4. The Morgan fingerprint density at radius 3 is 2.13 bits per heavy atom. The summed E-state index contributed by atoms with van der Waals surface area (Å²) in [5.41, 5.74) is 5.55. The van der Waals surface area contributed by atoms with Crippen molar-refractivity contribution in [3.8, 4) is 16.8 Å². The Balaban J connectivity index is 2.25. The fourth-order valence-electron chi connectivity index (χ4n) is 2.30. The third kappa shape index (κ3) is 2.90. The van der Waals surface area contributed by atoms with Gasteiger partial charge in [0.1, 0.15) is 5.82 Å². The number of hydrogen-bond acceptors (Lipinski definition) is 2. The van der Waals surface area contributed by atoms with Crippen LogP contribution in [0.15, 0.2) is 54.6 Å². The molecule has 3 aromatic rings. The van der Waals surface area contributed by atoms with E-state index >= 15 is 0 Å². The summed E-state index contributed by atoms with van der Waals surface area (Å²) in [7, 11) is 0. The molecule has 1 aromatic heterocycles. The molecular weight excluding hydrogens is 327 g/mol. The van der Waals surface area contributed by atoms with Crippen LogP contribution < -0.4 is 5.73 Å². The summed E-state index contributed by atoms with van der Waals surface area (Å²) in [6.45, 7) is 0. The van der Waals surface area contributed by atoms with Crippen LogP contribution in [-0.4, -0.2) is 9.78 Å². The molecule has 0 fully saturated rings. The SMILES string of the molecule is Nc1c(-c2ccc(Cl)cc2)c(C(F)(F)F)nn1-c1ccccc1. The second-order valence-corrected chi connectivity index (χ2v) is 5.30. The molecule has 0 radical (unpaired) electrons. The zero-order valence-corrected chi connectivity index (χ0v) is 12.4. The summed E-state index contributed by atoms with van der Waals surface area (Å²) in [5, 5.41) is 4.11. The van der Waals surface area contributed by atoms with Crippen molar-refractivity contribution in [1.29, 1.82) is 0 Å². The van der Waals surface area contributed by atoms with Crippen LogP contribution >= 0.6 is 11.6 Å². The number of hydrogen-bond donors (Lipinski definition) is 1. The molecular formula is C16H11ClF3N3. The highest BCUT2D eigenvalue weighted by Crippen LogP contribution is 2.40. The van der Waals surface area contributed by atoms with Gasteiger partial charge in [0, 0.05) is 5.02 Å². The molecule has 2 aromatic carbocycles. The van der Waals surface area contributed by atoms with Gasteiger partial charge in [-0.1, -0.05) is 41.9 Å². The van der Waals surface area contributed by atoms with Crippen molar-refractivity contribution in [3.05, 3.63) is 65.3 Å². The molecule has 0 bridgehead atoms. The Morgan fingerprint density at radius 1 is 0.957 bits per heavy atom. The van der Waals surface area contributed by atoms with Crippen molar-refractivity contribution in [2.45, 2.75) is 6.18 Å². The molecule has 1 heterocycles. The summed E-state index contributed by atoms with van der Waals surface area (Å²) in [4.78, 5) is 0. The lowest BCUT2D eigenvalue weighted by Crippen LogP contribution is -2.08. The maximum atomic E-state index is 13.4. The van der Waals surface area contributed by atoms with E-state index in [-0.39, 0.29) is 11.4 Å². The standard InChI is InChI=1S/C16H11ClF3N3/c17-11-8-6-10(7-9-11)13-14(16(18,19)20)22-23(15(13)21)12-4-2-1-3-5-12/h1-9H,21H2. The molecule has 0 spiro atoms. The van der Waals surface area contributed by atoms with Crippen molar-refractivity contribution in [3.63, 3.8) is 0 Å². The van der Waals surface area contributed by atoms with E-state index in [1.165, 1.54) is 24.3 Å². The van der Waals surface area contributed by atoms with E-state index in [0.29, 0.717) is 16.3 Å². The van der Waals surface area contributed by atoms with Gasteiger partial charge in [-0.05, 0) is 29.8 Å². The number of anilines is 1. The van der Waals surface area contributed by atoms with Gasteiger partial charge in [-0.2, -0.15) is 18.3 Å². The smallest absolute Gasteiger partial charge is 0.383 e. The van der Waals surface area contributed by atoms with Gasteiger partial charge < -0.3 is 5.73 Å². The summed E-state index contributed by atoms with van der Waals surface area (Å²) in [5.74, 6) is -0.0779. The molecule has 0 aliphatic heterocycles. The first-order valence-electron chi connectivity index (χ1n) is 6.65. The Labute approximate surface area is 135 Å². The van der Waals surface area contributed by atoms with Gasteiger partial charge in [0.15, 0.2) is 5.69 Å². The summed E-state index contributed by atoms with van der Waals surface area (Å²) >= 11 is 5.80. The molecule has 7 heteroatoms. The van der Waals surface area contributed by atoms with Crippen LogP contribution in [0.2, 0.25) is 5.02 Å². The number of alkyl halides is 3. The number of benzene rings is 2. The first kappa shape index (κ1) is 15.4. The van der Waals surface area contributed by atoms with Crippen LogP contribution in [0.4, 0.5) is 19.0 Å². The summed E-state index contributed by atoms with van der Waals surface area (Å²) in [6.07, 6.45) is -4.62. The van der Waals surface area contributed by atoms with Crippen LogP contribution in [0.25, 0.3) is 16.8 Å². The van der Waals surface area contributed by atoms with Gasteiger partial charge in [-0.3, -0.25) is 0 Å². The molecule has 23 heavy (non-hydrogen) atoms. The molecule has 0 atom stereocenters. The molecule has 0 aliphatic carbocycles. The van der Waals surface area contributed by atoms with Crippen LogP contribution in [0.3, 0.4) is 0 Å². The first-order chi connectivity index (χ1) is 10.9. The molecule has 0 amide bonds. The summed E-state index contributed by atoms with van der Waals surface area (Å²) < 4.78 is 41.2. The molecule has 0 saturated heterocycles. The van der Waals surface area contributed by atoms with Gasteiger partial charge in [0.05, 0.1) is 11.3 Å². The van der Waals surface area contributed by atoms with Crippen LogP contribution in [0.1, 0.15) is 5.69 Å². The minimum Gasteiger partial charge on any atom is -0.383 e. The first-order valence-corrected chi connectivity index (χ1v) is 7.03. The number of nitrogen functional groups attached to an aromatic ring is 1. The fourth-order valence-corrected chi connectivity index (χ4v) is 2.42. The van der Waals surface area contributed by atoms with Crippen molar-refractivity contribution in [2.75, 3.05) is 5.73 Å². The van der Waals surface area contributed by atoms with Crippen molar-refractivity contribution in [2.24, 2.45) is 0 Å². The van der Waals surface area contributed by atoms with Gasteiger partial charge >= 0.3 is 6.18 Å². The largest absolute Gasteiger partial charge is 0.435 e. The lowest BCUT2D eigenvalue weighted by molar-refractivity contribution is -0.140. The molecule has 118 valence electrons. The maximum absolute atomic E-state index is 13.4. The van der Waals surface area contributed by atoms with E-state index in [1.54, 1.807) is 30.3 Å². The van der Waals surface area contributed by atoms with E-state index < -0.39 is 11.9 Å². The number of halogens is 4. The number of para-hydroxylation sites is 1. The lowest BCUT2D eigenvalue weighted by Gasteiger charge is -2.07. The van der Waals surface area contributed by atoms with E-state index in [9.17, 15) is 13.2 Å². The predicted molar refractivity (Wildman–Crippen MR) is 83.4 cm³/mol. The zero-order valence-electron chi connectivity index (χ0n) is 11.7. The van der Waals surface area contributed by atoms with E-state index in [0.717, 1.165) is 4.68 Å². The minimum atomic E-state index is -4.62. The second-order valence-electron chi connectivity index (χ2n) is 4.86. The number of nitrogens with zero attached hydrogens (tertiary/aromatic N) is 2. The highest BCUT2D eigenvalue weighted by molar-refractivity contribution is 6.30. The van der Waals surface area contributed by atoms with Gasteiger partial charge in [-0.15, -0.1) is 0 Å². The third-order valence-corrected chi connectivity index (χ3v) is 3.58. The molecule has 0 saturated carbocycles. The van der Waals surface area contributed by atoms with Crippen LogP contribution in [0, 0.1) is 0 Å². The highest BCUT2D eigenvalue weighted by atomic mass is 35.5. The number of aromatic nitrogens is 2. The van der Waals surface area contributed by atoms with Gasteiger partial charge in [-0.25, -0.2) is 4.68 Å². The molecule has 3 rings (SSSR count). The molecule has 3 nitrogen and oxygen atoms in total. The third-order valence-electron chi connectivity index (χ3n) is 3.32. The quantitative estimate of drug-likeness (QED) is 0.730. The van der Waals surface area contributed by atoms with E-state index in [4.69, 9.17) is 17.3 Å². The minimum absolute atomic E-state index is 0.0779. The van der Waals surface area contributed by atoms with Crippen LogP contribution in [-0.2, 0) is 6.18 Å². The zero-order chi connectivity index (χ0) is 16.6. The van der Waals surface area contributed by atoms with Crippen molar-refractivity contribution in [1.82, 2.24) is 9.78 Å². The lowest BCUT2D eigenvalue weighted by atomic mass is 10.1. The molecule has 2 N–H and O–H groups in total. The maximum Gasteiger partial charge on any atom is 0.435 e. The Hall–Kier alpha value is -2.47. The highest BCUT2D eigenvalue weighted by Gasteiger charge is 2.39. The topological polar surface area (TPSA) is 43.8 Å². The average molecular weight is 338 g/mol. The van der Waals surface area contributed by atoms with Crippen LogP contribution in [0.5, 0.6) is 0 Å². The van der Waals surface area contributed by atoms with E-state index in [1.807, 2.05) is 0 Å². The van der Waals surface area contributed by atoms with Crippen molar-refractivity contribution >= 4 is 17.4 Å². The number of nitrogens with two attached hydrogens (primary N) is 1. The van der Waals surface area contributed by atoms with Gasteiger partial charge in [0.2, 0.25) is 0 Å². The molecule has 0 unspecified atom stereocenters. The Morgan fingerprint density at radius 2 is 1.57 bits per heavy atom. The fraction of sp³-hybridized carbons (Fsp3) is 0.0625. The second kappa shape index (κ2) is 5.62. The number of rotatable bonds is 2.